The van der Waals surface area contributed by atoms with Gasteiger partial charge in [-0.2, -0.15) is 0 Å². The molecular formula is C13H19N3. The summed E-state index contributed by atoms with van der Waals surface area (Å²) in [5.41, 5.74) is 8.04. The van der Waals surface area contributed by atoms with Crippen LogP contribution in [0.15, 0.2) is 24.3 Å². The fourth-order valence-electron chi connectivity index (χ4n) is 2.17. The van der Waals surface area contributed by atoms with Gasteiger partial charge in [0.2, 0.25) is 0 Å². The maximum absolute atomic E-state index is 5.92. The standard InChI is InChI=1S/C13H19N3/c1-3-13(4-2,9-14)12-15-10-7-5-6-8-11(10)16-12/h5-8H,3-4,9,14H2,1-2H3,(H,15,16). The van der Waals surface area contributed by atoms with Gasteiger partial charge in [0, 0.05) is 12.0 Å². The molecule has 0 saturated heterocycles. The van der Waals surface area contributed by atoms with Crippen LogP contribution < -0.4 is 5.73 Å². The zero-order valence-corrected chi connectivity index (χ0v) is 9.96. The molecule has 0 atom stereocenters. The average Bonchev–Trinajstić information content (AvgIpc) is 2.76. The first-order chi connectivity index (χ1) is 7.75. The van der Waals surface area contributed by atoms with E-state index in [0.29, 0.717) is 6.54 Å². The van der Waals surface area contributed by atoms with Crippen molar-refractivity contribution in [1.29, 1.82) is 0 Å². The fraction of sp³-hybridized carbons (Fsp3) is 0.462. The van der Waals surface area contributed by atoms with E-state index in [0.717, 1.165) is 29.7 Å². The van der Waals surface area contributed by atoms with Gasteiger partial charge in [-0.05, 0) is 25.0 Å². The van der Waals surface area contributed by atoms with Crippen LogP contribution >= 0.6 is 0 Å². The predicted octanol–water partition coefficient (Wildman–Crippen LogP) is 2.58. The molecule has 0 amide bonds. The Hall–Kier alpha value is -1.35. The highest BCUT2D eigenvalue weighted by atomic mass is 14.9. The number of aromatic nitrogens is 2. The summed E-state index contributed by atoms with van der Waals surface area (Å²) in [7, 11) is 0. The molecule has 1 aromatic carbocycles. The summed E-state index contributed by atoms with van der Waals surface area (Å²) in [6, 6.07) is 8.11. The van der Waals surface area contributed by atoms with E-state index in [1.54, 1.807) is 0 Å². The highest BCUT2D eigenvalue weighted by Gasteiger charge is 2.30. The smallest absolute Gasteiger partial charge is 0.114 e. The molecular weight excluding hydrogens is 198 g/mol. The minimum Gasteiger partial charge on any atom is -0.341 e. The number of hydrogen-bond donors (Lipinski definition) is 2. The third kappa shape index (κ3) is 1.61. The lowest BCUT2D eigenvalue weighted by molar-refractivity contribution is 0.387. The van der Waals surface area contributed by atoms with Crippen molar-refractivity contribution < 1.29 is 0 Å². The van der Waals surface area contributed by atoms with Gasteiger partial charge in [0.15, 0.2) is 0 Å². The van der Waals surface area contributed by atoms with Crippen LogP contribution in [-0.4, -0.2) is 16.5 Å². The Morgan fingerprint density at radius 2 is 1.94 bits per heavy atom. The van der Waals surface area contributed by atoms with Gasteiger partial charge in [-0.3, -0.25) is 0 Å². The van der Waals surface area contributed by atoms with Crippen molar-refractivity contribution in [2.45, 2.75) is 32.1 Å². The Morgan fingerprint density at radius 1 is 1.25 bits per heavy atom. The lowest BCUT2D eigenvalue weighted by Crippen LogP contribution is -2.35. The average molecular weight is 217 g/mol. The number of nitrogens with zero attached hydrogens (tertiary/aromatic N) is 1. The molecule has 0 unspecified atom stereocenters. The lowest BCUT2D eigenvalue weighted by Gasteiger charge is -2.27. The molecule has 3 heteroatoms. The van der Waals surface area contributed by atoms with Crippen molar-refractivity contribution in [1.82, 2.24) is 9.97 Å². The van der Waals surface area contributed by atoms with E-state index in [1.807, 2.05) is 18.2 Å². The number of rotatable bonds is 4. The van der Waals surface area contributed by atoms with Crippen LogP contribution in [0.2, 0.25) is 0 Å². The number of nitrogens with two attached hydrogens (primary N) is 1. The quantitative estimate of drug-likeness (QED) is 0.827. The molecule has 0 aliphatic carbocycles. The summed E-state index contributed by atoms with van der Waals surface area (Å²) >= 11 is 0. The monoisotopic (exact) mass is 217 g/mol. The third-order valence-corrected chi connectivity index (χ3v) is 3.64. The second-order valence-electron chi connectivity index (χ2n) is 4.29. The normalized spacial score (nSPS) is 12.2. The van der Waals surface area contributed by atoms with Gasteiger partial charge in [0.05, 0.1) is 11.0 Å². The van der Waals surface area contributed by atoms with Crippen molar-refractivity contribution in [3.05, 3.63) is 30.1 Å². The fourth-order valence-corrected chi connectivity index (χ4v) is 2.17. The summed E-state index contributed by atoms with van der Waals surface area (Å²) < 4.78 is 0. The molecule has 86 valence electrons. The van der Waals surface area contributed by atoms with E-state index < -0.39 is 0 Å². The minimum atomic E-state index is -0.000972. The maximum Gasteiger partial charge on any atom is 0.114 e. The minimum absolute atomic E-state index is 0.000972. The van der Waals surface area contributed by atoms with Gasteiger partial charge < -0.3 is 10.7 Å². The molecule has 0 fully saturated rings. The van der Waals surface area contributed by atoms with Crippen LogP contribution in [0.25, 0.3) is 11.0 Å². The molecule has 3 nitrogen and oxygen atoms in total. The molecule has 1 aromatic heterocycles. The van der Waals surface area contributed by atoms with Crippen molar-refractivity contribution in [2.75, 3.05) is 6.54 Å². The van der Waals surface area contributed by atoms with Crippen LogP contribution in [0.1, 0.15) is 32.5 Å². The Bertz CT molecular complexity index is 427. The van der Waals surface area contributed by atoms with Gasteiger partial charge in [-0.1, -0.05) is 26.0 Å². The molecule has 0 saturated carbocycles. The summed E-state index contributed by atoms with van der Waals surface area (Å²) in [5, 5.41) is 0. The lowest BCUT2D eigenvalue weighted by atomic mass is 9.82. The Labute approximate surface area is 96.1 Å². The molecule has 0 aliphatic rings. The first-order valence-electron chi connectivity index (χ1n) is 5.91. The van der Waals surface area contributed by atoms with Crippen molar-refractivity contribution in [2.24, 2.45) is 5.73 Å². The topological polar surface area (TPSA) is 54.7 Å². The Morgan fingerprint density at radius 3 is 2.50 bits per heavy atom. The summed E-state index contributed by atoms with van der Waals surface area (Å²) in [4.78, 5) is 8.06. The second-order valence-corrected chi connectivity index (χ2v) is 4.29. The Balaban J connectivity index is 2.53. The van der Waals surface area contributed by atoms with Crippen molar-refractivity contribution in [3.8, 4) is 0 Å². The molecule has 0 radical (unpaired) electrons. The maximum atomic E-state index is 5.92. The molecule has 2 aromatic rings. The number of para-hydroxylation sites is 2. The first kappa shape index (κ1) is 11.1. The molecule has 0 bridgehead atoms. The van der Waals surface area contributed by atoms with Crippen LogP contribution in [0, 0.1) is 0 Å². The highest BCUT2D eigenvalue weighted by molar-refractivity contribution is 5.75. The number of fused-ring (bicyclic) bond motifs is 1. The van der Waals surface area contributed by atoms with E-state index in [-0.39, 0.29) is 5.41 Å². The SMILES string of the molecule is CCC(CC)(CN)c1nc2ccccc2[nH]1. The first-order valence-corrected chi connectivity index (χ1v) is 5.91. The summed E-state index contributed by atoms with van der Waals surface area (Å²) in [6.07, 6.45) is 2.03. The summed E-state index contributed by atoms with van der Waals surface area (Å²) in [6.45, 7) is 4.98. The zero-order valence-electron chi connectivity index (χ0n) is 9.96. The number of benzene rings is 1. The molecule has 3 N–H and O–H groups in total. The number of aromatic amines is 1. The number of hydrogen-bond acceptors (Lipinski definition) is 2. The largest absolute Gasteiger partial charge is 0.341 e. The van der Waals surface area contributed by atoms with Gasteiger partial charge >= 0.3 is 0 Å². The van der Waals surface area contributed by atoms with Crippen molar-refractivity contribution in [3.63, 3.8) is 0 Å². The Kier molecular flexibility index (Phi) is 2.97. The molecule has 0 spiro atoms. The van der Waals surface area contributed by atoms with Gasteiger partial charge in [-0.25, -0.2) is 4.98 Å². The number of imidazole rings is 1. The van der Waals surface area contributed by atoms with Crippen LogP contribution in [0.5, 0.6) is 0 Å². The molecule has 2 rings (SSSR count). The van der Waals surface area contributed by atoms with E-state index in [4.69, 9.17) is 5.73 Å². The van der Waals surface area contributed by atoms with E-state index in [2.05, 4.69) is 29.9 Å². The van der Waals surface area contributed by atoms with Gasteiger partial charge in [-0.15, -0.1) is 0 Å². The van der Waals surface area contributed by atoms with Crippen LogP contribution in [0.4, 0.5) is 0 Å². The van der Waals surface area contributed by atoms with Crippen LogP contribution in [0.3, 0.4) is 0 Å². The number of H-pyrrole nitrogens is 1. The molecule has 0 aliphatic heterocycles. The zero-order chi connectivity index (χ0) is 11.6. The second kappa shape index (κ2) is 4.26. The van der Waals surface area contributed by atoms with Crippen LogP contribution in [-0.2, 0) is 5.41 Å². The molecule has 16 heavy (non-hydrogen) atoms. The predicted molar refractivity (Wildman–Crippen MR) is 67.4 cm³/mol. The van der Waals surface area contributed by atoms with Gasteiger partial charge in [0.1, 0.15) is 5.82 Å². The van der Waals surface area contributed by atoms with E-state index in [9.17, 15) is 0 Å². The highest BCUT2D eigenvalue weighted by Crippen LogP contribution is 2.29. The van der Waals surface area contributed by atoms with Gasteiger partial charge in [0.25, 0.3) is 0 Å². The third-order valence-electron chi connectivity index (χ3n) is 3.64. The number of nitrogens with one attached hydrogen (secondary N) is 1. The molecule has 1 heterocycles. The van der Waals surface area contributed by atoms with Crippen molar-refractivity contribution >= 4 is 11.0 Å². The van der Waals surface area contributed by atoms with E-state index in [1.165, 1.54) is 0 Å². The van der Waals surface area contributed by atoms with E-state index >= 15 is 0 Å². The summed E-state index contributed by atoms with van der Waals surface area (Å²) in [5.74, 6) is 1.03.